The molecule has 0 fully saturated rings. The van der Waals surface area contributed by atoms with Crippen molar-refractivity contribution in [2.75, 3.05) is 25.5 Å². The average Bonchev–Trinajstić information content (AvgIpc) is 2.38. The lowest BCUT2D eigenvalue weighted by molar-refractivity contribution is 0.340. The van der Waals surface area contributed by atoms with Crippen LogP contribution in [0.5, 0.6) is 0 Å². The number of nitrogens with one attached hydrogen (secondary N) is 1. The molecule has 2 aromatic rings. The lowest BCUT2D eigenvalue weighted by Crippen LogP contribution is -2.24. The number of benzene rings is 2. The molecule has 0 atom stereocenters. The van der Waals surface area contributed by atoms with E-state index in [-0.39, 0.29) is 0 Å². The van der Waals surface area contributed by atoms with Crippen molar-refractivity contribution in [3.8, 4) is 0 Å². The summed E-state index contributed by atoms with van der Waals surface area (Å²) in [6, 6.07) is 15.7. The molecule has 0 radical (unpaired) electrons. The highest BCUT2D eigenvalue weighted by Crippen LogP contribution is 2.15. The van der Waals surface area contributed by atoms with Crippen LogP contribution in [-0.2, 0) is 6.54 Å². The maximum Gasteiger partial charge on any atom is 0.0426 e. The normalized spacial score (nSPS) is 10.8. The summed E-state index contributed by atoms with van der Waals surface area (Å²) in [4.78, 5) is 2.25. The van der Waals surface area contributed by atoms with Crippen molar-refractivity contribution in [3.05, 3.63) is 64.1 Å². The van der Waals surface area contributed by atoms with Crippen molar-refractivity contribution in [1.82, 2.24) is 4.90 Å². The molecule has 0 spiro atoms. The summed E-state index contributed by atoms with van der Waals surface area (Å²) in [5.41, 5.74) is 2.27. The van der Waals surface area contributed by atoms with Gasteiger partial charge in [0.25, 0.3) is 0 Å². The van der Waals surface area contributed by atoms with Crippen molar-refractivity contribution in [3.63, 3.8) is 0 Å². The van der Waals surface area contributed by atoms with Crippen molar-refractivity contribution in [2.24, 2.45) is 0 Å². The third-order valence-electron chi connectivity index (χ3n) is 2.99. The number of hydrogen-bond donors (Lipinski definition) is 1. The fourth-order valence-corrected chi connectivity index (χ4v) is 2.42. The molecule has 0 heterocycles. The fraction of sp³-hybridized carbons (Fsp3) is 0.250. The standard InChI is InChI=1S/C16H18Cl2N2/c1-20(12-13-4-2-5-14(17)10-13)9-8-19-16-7-3-6-15(18)11-16/h2-7,10-11,19H,8-9,12H2,1H3. The Morgan fingerprint density at radius 1 is 1.00 bits per heavy atom. The van der Waals surface area contributed by atoms with E-state index < -0.39 is 0 Å². The molecule has 2 aromatic carbocycles. The summed E-state index contributed by atoms with van der Waals surface area (Å²) in [6.45, 7) is 2.70. The first-order valence-electron chi connectivity index (χ1n) is 6.56. The monoisotopic (exact) mass is 308 g/mol. The molecule has 0 aromatic heterocycles. The van der Waals surface area contributed by atoms with Gasteiger partial charge in [-0.25, -0.2) is 0 Å². The number of rotatable bonds is 6. The topological polar surface area (TPSA) is 15.3 Å². The summed E-state index contributed by atoms with van der Waals surface area (Å²) in [7, 11) is 2.10. The van der Waals surface area contributed by atoms with Gasteiger partial charge >= 0.3 is 0 Å². The van der Waals surface area contributed by atoms with E-state index >= 15 is 0 Å². The van der Waals surface area contributed by atoms with E-state index in [0.717, 1.165) is 35.4 Å². The van der Waals surface area contributed by atoms with Gasteiger partial charge in [-0.05, 0) is 42.9 Å². The van der Waals surface area contributed by atoms with E-state index in [2.05, 4.69) is 23.3 Å². The predicted molar refractivity (Wildman–Crippen MR) is 87.7 cm³/mol. The zero-order chi connectivity index (χ0) is 14.4. The molecular formula is C16H18Cl2N2. The largest absolute Gasteiger partial charge is 0.384 e. The molecule has 1 N–H and O–H groups in total. The highest BCUT2D eigenvalue weighted by molar-refractivity contribution is 6.31. The Kier molecular flexibility index (Phi) is 5.72. The Morgan fingerprint density at radius 3 is 2.40 bits per heavy atom. The second-order valence-corrected chi connectivity index (χ2v) is 5.68. The minimum absolute atomic E-state index is 0.752. The SMILES string of the molecule is CN(CCNc1cccc(Cl)c1)Cc1cccc(Cl)c1. The molecule has 106 valence electrons. The summed E-state index contributed by atoms with van der Waals surface area (Å²) in [5, 5.41) is 4.90. The van der Waals surface area contributed by atoms with Gasteiger partial charge in [0.05, 0.1) is 0 Å². The van der Waals surface area contributed by atoms with E-state index in [9.17, 15) is 0 Å². The quantitative estimate of drug-likeness (QED) is 0.843. The summed E-state index contributed by atoms with van der Waals surface area (Å²) >= 11 is 11.9. The van der Waals surface area contributed by atoms with Gasteiger partial charge in [0.2, 0.25) is 0 Å². The van der Waals surface area contributed by atoms with Gasteiger partial charge in [0.1, 0.15) is 0 Å². The van der Waals surface area contributed by atoms with Gasteiger partial charge in [0, 0.05) is 35.4 Å². The number of nitrogens with zero attached hydrogens (tertiary/aromatic N) is 1. The van der Waals surface area contributed by atoms with E-state index in [0.29, 0.717) is 0 Å². The summed E-state index contributed by atoms with van der Waals surface area (Å²) in [6.07, 6.45) is 0. The van der Waals surface area contributed by atoms with E-state index in [1.54, 1.807) is 0 Å². The number of hydrogen-bond acceptors (Lipinski definition) is 2. The molecule has 0 amide bonds. The van der Waals surface area contributed by atoms with Crippen molar-refractivity contribution in [2.45, 2.75) is 6.54 Å². The molecular weight excluding hydrogens is 291 g/mol. The molecule has 2 rings (SSSR count). The first-order valence-corrected chi connectivity index (χ1v) is 7.31. The molecule has 20 heavy (non-hydrogen) atoms. The Balaban J connectivity index is 1.76. The molecule has 2 nitrogen and oxygen atoms in total. The number of likely N-dealkylation sites (N-methyl/N-ethyl adjacent to an activating group) is 1. The lowest BCUT2D eigenvalue weighted by Gasteiger charge is -2.17. The van der Waals surface area contributed by atoms with Crippen LogP contribution >= 0.6 is 23.2 Å². The van der Waals surface area contributed by atoms with Crippen LogP contribution in [0, 0.1) is 0 Å². The van der Waals surface area contributed by atoms with Crippen LogP contribution in [0.2, 0.25) is 10.0 Å². The van der Waals surface area contributed by atoms with Gasteiger partial charge in [-0.3, -0.25) is 0 Å². The van der Waals surface area contributed by atoms with Crippen LogP contribution < -0.4 is 5.32 Å². The van der Waals surface area contributed by atoms with E-state index in [4.69, 9.17) is 23.2 Å². The van der Waals surface area contributed by atoms with Crippen LogP contribution in [0.15, 0.2) is 48.5 Å². The molecule has 0 unspecified atom stereocenters. The molecule has 0 aliphatic heterocycles. The highest BCUT2D eigenvalue weighted by Gasteiger charge is 2.01. The zero-order valence-corrected chi connectivity index (χ0v) is 13.0. The van der Waals surface area contributed by atoms with E-state index in [1.165, 1.54) is 5.56 Å². The third kappa shape index (κ3) is 5.04. The minimum Gasteiger partial charge on any atom is -0.384 e. The van der Waals surface area contributed by atoms with Crippen molar-refractivity contribution in [1.29, 1.82) is 0 Å². The van der Waals surface area contributed by atoms with Crippen molar-refractivity contribution >= 4 is 28.9 Å². The van der Waals surface area contributed by atoms with Crippen LogP contribution in [0.4, 0.5) is 5.69 Å². The van der Waals surface area contributed by atoms with Gasteiger partial charge in [-0.15, -0.1) is 0 Å². The average molecular weight is 309 g/mol. The minimum atomic E-state index is 0.752. The number of halogens is 2. The first-order chi connectivity index (χ1) is 9.63. The van der Waals surface area contributed by atoms with E-state index in [1.807, 2.05) is 42.5 Å². The Bertz CT molecular complexity index is 558. The molecule has 4 heteroatoms. The maximum atomic E-state index is 5.98. The second kappa shape index (κ2) is 7.53. The molecule has 0 aliphatic carbocycles. The molecule has 0 aliphatic rings. The van der Waals surface area contributed by atoms with Crippen LogP contribution in [0.3, 0.4) is 0 Å². The highest BCUT2D eigenvalue weighted by atomic mass is 35.5. The van der Waals surface area contributed by atoms with Crippen LogP contribution in [-0.4, -0.2) is 25.0 Å². The van der Waals surface area contributed by atoms with Gasteiger partial charge in [-0.1, -0.05) is 41.4 Å². The first kappa shape index (κ1) is 15.2. The van der Waals surface area contributed by atoms with Crippen LogP contribution in [0.25, 0.3) is 0 Å². The number of anilines is 1. The summed E-state index contributed by atoms with van der Waals surface area (Å²) in [5.74, 6) is 0. The smallest absolute Gasteiger partial charge is 0.0426 e. The van der Waals surface area contributed by atoms with Crippen LogP contribution in [0.1, 0.15) is 5.56 Å². The lowest BCUT2D eigenvalue weighted by atomic mass is 10.2. The second-order valence-electron chi connectivity index (χ2n) is 4.80. The predicted octanol–water partition coefficient (Wildman–Crippen LogP) is 4.54. The zero-order valence-electron chi connectivity index (χ0n) is 11.4. The molecule has 0 saturated carbocycles. The molecule has 0 bridgehead atoms. The summed E-state index contributed by atoms with van der Waals surface area (Å²) < 4.78 is 0. The fourth-order valence-electron chi connectivity index (χ4n) is 2.02. The Morgan fingerprint density at radius 2 is 1.70 bits per heavy atom. The van der Waals surface area contributed by atoms with Gasteiger partial charge in [0.15, 0.2) is 0 Å². The molecule has 0 saturated heterocycles. The Labute approximate surface area is 130 Å². The van der Waals surface area contributed by atoms with Gasteiger partial charge < -0.3 is 10.2 Å². The Hall–Kier alpha value is -1.22. The third-order valence-corrected chi connectivity index (χ3v) is 3.46. The van der Waals surface area contributed by atoms with Gasteiger partial charge in [-0.2, -0.15) is 0 Å². The van der Waals surface area contributed by atoms with Crippen molar-refractivity contribution < 1.29 is 0 Å². The maximum absolute atomic E-state index is 5.98.